The third-order valence-electron chi connectivity index (χ3n) is 4.60. The molecule has 0 saturated carbocycles. The van der Waals surface area contributed by atoms with Crippen molar-refractivity contribution < 1.29 is 19.1 Å². The Labute approximate surface area is 179 Å². The number of rotatable bonds is 6. The zero-order valence-corrected chi connectivity index (χ0v) is 17.8. The molecule has 152 valence electrons. The number of esters is 2. The summed E-state index contributed by atoms with van der Waals surface area (Å²) in [5.74, 6) is -0.764. The highest BCUT2D eigenvalue weighted by atomic mass is 35.5. The summed E-state index contributed by atoms with van der Waals surface area (Å²) in [7, 11) is 1.38. The van der Waals surface area contributed by atoms with Crippen LogP contribution in [-0.2, 0) is 27.3 Å². The molecule has 0 N–H and O–H groups in total. The van der Waals surface area contributed by atoms with Gasteiger partial charge in [0.15, 0.2) is 5.06 Å². The van der Waals surface area contributed by atoms with Crippen molar-refractivity contribution in [2.45, 2.75) is 25.9 Å². The Morgan fingerprint density at radius 3 is 2.79 bits per heavy atom. The molecule has 3 rings (SSSR count). The summed E-state index contributed by atoms with van der Waals surface area (Å²) in [6.45, 7) is 3.09. The van der Waals surface area contributed by atoms with Gasteiger partial charge in [-0.3, -0.25) is 4.90 Å². The second-order valence-corrected chi connectivity index (χ2v) is 7.99. The summed E-state index contributed by atoms with van der Waals surface area (Å²) >= 11 is 7.82. The van der Waals surface area contributed by atoms with Crippen LogP contribution in [-0.4, -0.2) is 30.5 Å². The number of hydrogen-bond acceptors (Lipinski definition) is 6. The monoisotopic (exact) mass is 431 g/mol. The van der Waals surface area contributed by atoms with Crippen LogP contribution in [0.4, 0.5) is 0 Å². The minimum Gasteiger partial charge on any atom is -0.468 e. The fourth-order valence-corrected chi connectivity index (χ4v) is 4.51. The lowest BCUT2D eigenvalue weighted by atomic mass is 10.0. The first-order chi connectivity index (χ1) is 14.0. The smallest absolute Gasteiger partial charge is 0.336 e. The summed E-state index contributed by atoms with van der Waals surface area (Å²) in [4.78, 5) is 27.6. The first-order valence-corrected chi connectivity index (χ1v) is 10.4. The van der Waals surface area contributed by atoms with Crippen LogP contribution in [0, 0.1) is 0 Å². The van der Waals surface area contributed by atoms with Crippen molar-refractivity contribution in [1.29, 1.82) is 0 Å². The van der Waals surface area contributed by atoms with Crippen molar-refractivity contribution in [3.63, 3.8) is 0 Å². The fraction of sp³-hybridized carbons (Fsp3) is 0.273. The molecule has 1 unspecified atom stereocenters. The van der Waals surface area contributed by atoms with Gasteiger partial charge >= 0.3 is 11.9 Å². The molecule has 0 fully saturated rings. The molecule has 1 atom stereocenters. The molecule has 29 heavy (non-hydrogen) atoms. The highest BCUT2D eigenvalue weighted by Gasteiger charge is 2.33. The van der Waals surface area contributed by atoms with Crippen molar-refractivity contribution in [3.05, 3.63) is 75.7 Å². The third kappa shape index (κ3) is 5.15. The number of allylic oxidation sites excluding steroid dienone is 3. The summed E-state index contributed by atoms with van der Waals surface area (Å²) in [6.07, 6.45) is 7.38. The van der Waals surface area contributed by atoms with Crippen LogP contribution < -0.4 is 4.74 Å². The largest absolute Gasteiger partial charge is 0.468 e. The van der Waals surface area contributed by atoms with E-state index < -0.39 is 12.0 Å². The molecule has 7 heteroatoms. The van der Waals surface area contributed by atoms with Crippen LogP contribution in [0.15, 0.2) is 54.6 Å². The first kappa shape index (κ1) is 21.3. The van der Waals surface area contributed by atoms with Gasteiger partial charge in [0, 0.05) is 29.1 Å². The Kier molecular flexibility index (Phi) is 7.25. The standard InChI is InChI=1S/C22H22ClNO4S/c1-3-4-5-10-19(25)28-20-13-15-14-24(12-11-18(15)29-20)21(22(26)27-2)16-8-6-7-9-17(16)23/h3-10,13,21H,11-12,14H2,1-2H3/b4-3+,10-5+. The van der Waals surface area contributed by atoms with Crippen molar-refractivity contribution >= 4 is 34.9 Å². The van der Waals surface area contributed by atoms with Gasteiger partial charge in [-0.05, 0) is 36.6 Å². The van der Waals surface area contributed by atoms with E-state index in [0.29, 0.717) is 23.2 Å². The van der Waals surface area contributed by atoms with Crippen LogP contribution in [0.25, 0.3) is 0 Å². The molecule has 2 heterocycles. The van der Waals surface area contributed by atoms with E-state index >= 15 is 0 Å². The lowest BCUT2D eigenvalue weighted by molar-refractivity contribution is -0.147. The van der Waals surface area contributed by atoms with Gasteiger partial charge in [0.25, 0.3) is 0 Å². The van der Waals surface area contributed by atoms with Crippen LogP contribution in [0.3, 0.4) is 0 Å². The van der Waals surface area contributed by atoms with E-state index in [-0.39, 0.29) is 5.97 Å². The lowest BCUT2D eigenvalue weighted by Gasteiger charge is -2.33. The number of fused-ring (bicyclic) bond motifs is 1. The molecule has 0 saturated heterocycles. The van der Waals surface area contributed by atoms with Gasteiger partial charge in [0.1, 0.15) is 6.04 Å². The zero-order valence-electron chi connectivity index (χ0n) is 16.3. The molecule has 0 bridgehead atoms. The summed E-state index contributed by atoms with van der Waals surface area (Å²) < 4.78 is 10.5. The molecule has 0 amide bonds. The number of methoxy groups -OCH3 is 1. The zero-order chi connectivity index (χ0) is 20.8. The molecule has 1 aromatic carbocycles. The Hall–Kier alpha value is -2.41. The molecule has 5 nitrogen and oxygen atoms in total. The predicted molar refractivity (Wildman–Crippen MR) is 114 cm³/mol. The minimum absolute atomic E-state index is 0.349. The van der Waals surface area contributed by atoms with Crippen molar-refractivity contribution in [1.82, 2.24) is 4.90 Å². The summed E-state index contributed by atoms with van der Waals surface area (Å²) in [6, 6.07) is 8.59. The van der Waals surface area contributed by atoms with Crippen molar-refractivity contribution in [3.8, 4) is 5.06 Å². The van der Waals surface area contributed by atoms with Gasteiger partial charge < -0.3 is 9.47 Å². The Morgan fingerprint density at radius 1 is 1.28 bits per heavy atom. The maximum absolute atomic E-state index is 12.5. The van der Waals surface area contributed by atoms with Gasteiger partial charge in [-0.1, -0.05) is 48.0 Å². The van der Waals surface area contributed by atoms with Gasteiger partial charge in [-0.2, -0.15) is 0 Å². The molecule has 1 aliphatic heterocycles. The molecule has 0 spiro atoms. The maximum Gasteiger partial charge on any atom is 0.336 e. The number of nitrogens with zero attached hydrogens (tertiary/aromatic N) is 1. The number of halogens is 1. The number of carbonyl (C=O) groups excluding carboxylic acids is 2. The minimum atomic E-state index is -0.587. The van der Waals surface area contributed by atoms with Crippen LogP contribution >= 0.6 is 22.9 Å². The third-order valence-corrected chi connectivity index (χ3v) is 6.06. The van der Waals surface area contributed by atoms with Crippen LogP contribution in [0.5, 0.6) is 5.06 Å². The average molecular weight is 432 g/mol. The molecular weight excluding hydrogens is 410 g/mol. The van der Waals surface area contributed by atoms with Crippen molar-refractivity contribution in [2.24, 2.45) is 0 Å². The normalized spacial score (nSPS) is 15.4. The number of benzene rings is 1. The second kappa shape index (κ2) is 9.87. The van der Waals surface area contributed by atoms with Crippen LogP contribution in [0.1, 0.15) is 29.0 Å². The van der Waals surface area contributed by atoms with E-state index in [4.69, 9.17) is 21.1 Å². The van der Waals surface area contributed by atoms with Gasteiger partial charge in [-0.25, -0.2) is 9.59 Å². The Balaban J connectivity index is 1.79. The van der Waals surface area contributed by atoms with E-state index in [1.165, 1.54) is 24.5 Å². The molecular formula is C22H22ClNO4S. The lowest BCUT2D eigenvalue weighted by Crippen LogP contribution is -2.38. The fourth-order valence-electron chi connectivity index (χ4n) is 3.26. The predicted octanol–water partition coefficient (Wildman–Crippen LogP) is 4.71. The van der Waals surface area contributed by atoms with E-state index in [9.17, 15) is 9.59 Å². The molecule has 1 aliphatic rings. The van der Waals surface area contributed by atoms with E-state index in [1.807, 2.05) is 42.2 Å². The SMILES string of the molecule is C/C=C/C=C/C(=O)Oc1cc2c(s1)CCN(C(C(=O)OC)c1ccccc1Cl)C2. The van der Waals surface area contributed by atoms with Gasteiger partial charge in [-0.15, -0.1) is 11.3 Å². The van der Waals surface area contributed by atoms with E-state index in [1.54, 1.807) is 18.2 Å². The highest BCUT2D eigenvalue weighted by Crippen LogP contribution is 2.37. The molecule has 0 aliphatic carbocycles. The average Bonchev–Trinajstić information content (AvgIpc) is 3.11. The Morgan fingerprint density at radius 2 is 2.07 bits per heavy atom. The van der Waals surface area contributed by atoms with Crippen LogP contribution in [0.2, 0.25) is 5.02 Å². The number of carbonyl (C=O) groups is 2. The number of ether oxygens (including phenoxy) is 2. The van der Waals surface area contributed by atoms with Gasteiger partial charge in [0.2, 0.25) is 0 Å². The number of thiophene rings is 1. The number of hydrogen-bond donors (Lipinski definition) is 0. The second-order valence-electron chi connectivity index (χ2n) is 6.49. The molecule has 1 aromatic heterocycles. The quantitative estimate of drug-likeness (QED) is 0.376. The van der Waals surface area contributed by atoms with Gasteiger partial charge in [0.05, 0.1) is 7.11 Å². The molecule has 0 radical (unpaired) electrons. The topological polar surface area (TPSA) is 55.8 Å². The summed E-state index contributed by atoms with van der Waals surface area (Å²) in [5, 5.41) is 1.08. The first-order valence-electron chi connectivity index (χ1n) is 9.22. The molecule has 2 aromatic rings. The van der Waals surface area contributed by atoms with E-state index in [2.05, 4.69) is 0 Å². The Bertz CT molecular complexity index is 950. The van der Waals surface area contributed by atoms with E-state index in [0.717, 1.165) is 22.4 Å². The maximum atomic E-state index is 12.5. The summed E-state index contributed by atoms with van der Waals surface area (Å²) in [5.41, 5.74) is 1.77. The van der Waals surface area contributed by atoms with Crippen molar-refractivity contribution in [2.75, 3.05) is 13.7 Å². The highest BCUT2D eigenvalue weighted by molar-refractivity contribution is 7.14.